The molecule has 0 radical (unpaired) electrons. The molecule has 0 amide bonds. The van der Waals surface area contributed by atoms with E-state index in [9.17, 15) is 0 Å². The summed E-state index contributed by atoms with van der Waals surface area (Å²) in [5, 5.41) is 12.3. The first kappa shape index (κ1) is 14.9. The van der Waals surface area contributed by atoms with Crippen molar-refractivity contribution in [1.29, 1.82) is 0 Å². The Morgan fingerprint density at radius 2 is 1.95 bits per heavy atom. The Morgan fingerprint density at radius 3 is 2.68 bits per heavy atom. The van der Waals surface area contributed by atoms with Crippen molar-refractivity contribution >= 4 is 41.6 Å². The van der Waals surface area contributed by atoms with Crippen molar-refractivity contribution in [3.8, 4) is 11.4 Å². The molecule has 5 nitrogen and oxygen atoms in total. The molecule has 3 aromatic rings. The molecular weight excluding hydrogens is 341 g/mol. The molecule has 1 N–H and O–H groups in total. The van der Waals surface area contributed by atoms with Crippen LogP contribution in [0.25, 0.3) is 11.4 Å². The van der Waals surface area contributed by atoms with E-state index in [1.165, 1.54) is 4.68 Å². The fourth-order valence-corrected chi connectivity index (χ4v) is 2.49. The van der Waals surface area contributed by atoms with Crippen LogP contribution in [-0.4, -0.2) is 26.1 Å². The summed E-state index contributed by atoms with van der Waals surface area (Å²) in [6.07, 6.45) is 5.04. The lowest BCUT2D eigenvalue weighted by molar-refractivity contribution is 0.871. The molecule has 22 heavy (non-hydrogen) atoms. The number of H-pyrrole nitrogens is 1. The van der Waals surface area contributed by atoms with Crippen LogP contribution in [0.4, 0.5) is 0 Å². The van der Waals surface area contributed by atoms with Crippen molar-refractivity contribution < 1.29 is 0 Å². The fraction of sp³-hybridized carbons (Fsp3) is 0. The molecule has 2 heterocycles. The lowest BCUT2D eigenvalue weighted by Gasteiger charge is -2.03. The Bertz CT molecular complexity index is 886. The number of halogens is 2. The Kier molecular flexibility index (Phi) is 4.33. The summed E-state index contributed by atoms with van der Waals surface area (Å²) in [5.74, 6) is 0.511. The molecule has 1 aromatic carbocycles. The van der Waals surface area contributed by atoms with Crippen LogP contribution < -0.4 is 0 Å². The minimum absolute atomic E-state index is 0.367. The van der Waals surface area contributed by atoms with Gasteiger partial charge in [0.1, 0.15) is 0 Å². The average molecular weight is 350 g/mol. The summed E-state index contributed by atoms with van der Waals surface area (Å²) in [6.45, 7) is 0. The van der Waals surface area contributed by atoms with Crippen molar-refractivity contribution in [3.63, 3.8) is 0 Å². The Labute approximate surface area is 141 Å². The minimum atomic E-state index is 0.367. The third-order valence-corrected chi connectivity index (χ3v) is 3.66. The van der Waals surface area contributed by atoms with Crippen LogP contribution in [0, 0.1) is 4.77 Å². The quantitative estimate of drug-likeness (QED) is 0.569. The van der Waals surface area contributed by atoms with E-state index in [0.717, 1.165) is 5.56 Å². The van der Waals surface area contributed by atoms with Gasteiger partial charge >= 0.3 is 0 Å². The van der Waals surface area contributed by atoms with Crippen LogP contribution >= 0.6 is 35.4 Å². The number of hydrogen-bond donors (Lipinski definition) is 1. The molecule has 0 atom stereocenters. The molecule has 0 spiro atoms. The SMILES string of the molecule is S=c1[nH]nc(-c2ccc(Cl)cc2Cl)n1/N=C/c1ccncc1. The number of nitrogens with one attached hydrogen (secondary N) is 1. The number of pyridine rings is 1. The lowest BCUT2D eigenvalue weighted by atomic mass is 10.2. The second-order valence-corrected chi connectivity index (χ2v) is 5.54. The highest BCUT2D eigenvalue weighted by atomic mass is 35.5. The molecule has 2 aromatic heterocycles. The molecule has 0 aliphatic carbocycles. The van der Waals surface area contributed by atoms with Crippen LogP contribution in [0.5, 0.6) is 0 Å². The van der Waals surface area contributed by atoms with E-state index in [0.29, 0.717) is 26.2 Å². The van der Waals surface area contributed by atoms with Gasteiger partial charge in [-0.3, -0.25) is 4.98 Å². The number of benzene rings is 1. The molecule has 0 aliphatic heterocycles. The van der Waals surface area contributed by atoms with Gasteiger partial charge in [-0.2, -0.15) is 14.9 Å². The van der Waals surface area contributed by atoms with E-state index in [-0.39, 0.29) is 0 Å². The predicted molar refractivity (Wildman–Crippen MR) is 90.1 cm³/mol. The summed E-state index contributed by atoms with van der Waals surface area (Å²) in [4.78, 5) is 3.96. The number of nitrogens with zero attached hydrogens (tertiary/aromatic N) is 4. The zero-order valence-electron chi connectivity index (χ0n) is 11.1. The summed E-state index contributed by atoms with van der Waals surface area (Å²) >= 11 is 17.3. The topological polar surface area (TPSA) is 58.9 Å². The largest absolute Gasteiger partial charge is 0.265 e. The van der Waals surface area contributed by atoms with E-state index < -0.39 is 0 Å². The first-order valence-electron chi connectivity index (χ1n) is 6.22. The second kappa shape index (κ2) is 6.39. The maximum Gasteiger partial charge on any atom is 0.216 e. The molecule has 0 bridgehead atoms. The summed E-state index contributed by atoms with van der Waals surface area (Å²) in [6, 6.07) is 8.82. The number of hydrogen-bond acceptors (Lipinski definition) is 4. The number of aromatic amines is 1. The van der Waals surface area contributed by atoms with Gasteiger partial charge < -0.3 is 0 Å². The van der Waals surface area contributed by atoms with Crippen molar-refractivity contribution in [1.82, 2.24) is 19.9 Å². The van der Waals surface area contributed by atoms with E-state index in [1.807, 2.05) is 12.1 Å². The van der Waals surface area contributed by atoms with Gasteiger partial charge in [-0.05, 0) is 48.1 Å². The molecule has 0 unspecified atom stereocenters. The molecule has 3 rings (SSSR count). The van der Waals surface area contributed by atoms with Crippen LogP contribution in [0.3, 0.4) is 0 Å². The Hall–Kier alpha value is -2.02. The first-order valence-corrected chi connectivity index (χ1v) is 7.39. The monoisotopic (exact) mass is 349 g/mol. The predicted octanol–water partition coefficient (Wildman–Crippen LogP) is 4.19. The standard InChI is InChI=1S/C14H9Cl2N5S/c15-10-1-2-11(12(16)7-10)13-19-20-14(22)21(13)18-8-9-3-5-17-6-4-9/h1-8H,(H,20,22)/b18-8+. The van der Waals surface area contributed by atoms with Gasteiger partial charge in [-0.1, -0.05) is 23.2 Å². The molecule has 8 heteroatoms. The van der Waals surface area contributed by atoms with Gasteiger partial charge in [0.25, 0.3) is 0 Å². The van der Waals surface area contributed by atoms with Gasteiger partial charge in [0, 0.05) is 23.0 Å². The van der Waals surface area contributed by atoms with Crippen LogP contribution in [0.15, 0.2) is 47.8 Å². The van der Waals surface area contributed by atoms with Crippen LogP contribution in [-0.2, 0) is 0 Å². The van der Waals surface area contributed by atoms with Crippen molar-refractivity contribution in [2.75, 3.05) is 0 Å². The average Bonchev–Trinajstić information content (AvgIpc) is 2.87. The third-order valence-electron chi connectivity index (χ3n) is 2.85. The lowest BCUT2D eigenvalue weighted by Crippen LogP contribution is -1.95. The minimum Gasteiger partial charge on any atom is -0.265 e. The van der Waals surface area contributed by atoms with Gasteiger partial charge in [0.15, 0.2) is 5.82 Å². The van der Waals surface area contributed by atoms with Crippen molar-refractivity contribution in [2.45, 2.75) is 0 Å². The summed E-state index contributed by atoms with van der Waals surface area (Å²) < 4.78 is 1.87. The number of rotatable bonds is 3. The molecule has 0 fully saturated rings. The fourth-order valence-electron chi connectivity index (χ4n) is 1.82. The number of aromatic nitrogens is 4. The van der Waals surface area contributed by atoms with Gasteiger partial charge in [0.05, 0.1) is 11.2 Å². The van der Waals surface area contributed by atoms with Gasteiger partial charge in [-0.15, -0.1) is 0 Å². The molecule has 110 valence electrons. The van der Waals surface area contributed by atoms with E-state index in [2.05, 4.69) is 20.3 Å². The van der Waals surface area contributed by atoms with E-state index >= 15 is 0 Å². The summed E-state index contributed by atoms with van der Waals surface area (Å²) in [5.41, 5.74) is 1.58. The highest BCUT2D eigenvalue weighted by Gasteiger charge is 2.12. The Morgan fingerprint density at radius 1 is 1.18 bits per heavy atom. The van der Waals surface area contributed by atoms with Crippen LogP contribution in [0.1, 0.15) is 5.56 Å². The van der Waals surface area contributed by atoms with Gasteiger partial charge in [0.2, 0.25) is 4.77 Å². The van der Waals surface area contributed by atoms with E-state index in [1.54, 1.807) is 36.8 Å². The van der Waals surface area contributed by atoms with Crippen molar-refractivity contribution in [3.05, 3.63) is 63.1 Å². The van der Waals surface area contributed by atoms with Gasteiger partial charge in [-0.25, -0.2) is 5.10 Å². The zero-order chi connectivity index (χ0) is 15.5. The highest BCUT2D eigenvalue weighted by Crippen LogP contribution is 2.29. The molecular formula is C14H9Cl2N5S. The second-order valence-electron chi connectivity index (χ2n) is 4.31. The maximum absolute atomic E-state index is 6.22. The maximum atomic E-state index is 6.22. The molecule has 0 saturated carbocycles. The molecule has 0 aliphatic rings. The van der Waals surface area contributed by atoms with Crippen molar-refractivity contribution in [2.24, 2.45) is 5.10 Å². The molecule has 0 saturated heterocycles. The summed E-state index contributed by atoms with van der Waals surface area (Å²) in [7, 11) is 0. The Balaban J connectivity index is 2.05. The highest BCUT2D eigenvalue weighted by molar-refractivity contribution is 7.71. The van der Waals surface area contributed by atoms with Crippen LogP contribution in [0.2, 0.25) is 10.0 Å². The zero-order valence-corrected chi connectivity index (χ0v) is 13.4. The van der Waals surface area contributed by atoms with E-state index in [4.69, 9.17) is 35.4 Å². The third kappa shape index (κ3) is 3.09. The normalized spacial score (nSPS) is 11.2. The first-order chi connectivity index (χ1) is 10.6. The smallest absolute Gasteiger partial charge is 0.216 e.